The van der Waals surface area contributed by atoms with Crippen LogP contribution in [0.25, 0.3) is 0 Å². The molecule has 20 heavy (non-hydrogen) atoms. The van der Waals surface area contributed by atoms with Gasteiger partial charge < -0.3 is 10.6 Å². The summed E-state index contributed by atoms with van der Waals surface area (Å²) in [4.78, 5) is 2.50. The SMILES string of the molecule is CCCC1CCN(c2cc(Cl)ccc2CC(C)N)CC1. The van der Waals surface area contributed by atoms with E-state index in [9.17, 15) is 0 Å². The molecule has 0 spiro atoms. The number of rotatable bonds is 5. The summed E-state index contributed by atoms with van der Waals surface area (Å²) >= 11 is 6.19. The average Bonchev–Trinajstić information content (AvgIpc) is 2.42. The summed E-state index contributed by atoms with van der Waals surface area (Å²) in [7, 11) is 0. The van der Waals surface area contributed by atoms with Gasteiger partial charge in [-0.3, -0.25) is 0 Å². The normalized spacial score (nSPS) is 18.3. The lowest BCUT2D eigenvalue weighted by Crippen LogP contribution is -2.34. The molecule has 1 unspecified atom stereocenters. The molecule has 0 radical (unpaired) electrons. The van der Waals surface area contributed by atoms with Gasteiger partial charge in [0.05, 0.1) is 0 Å². The predicted molar refractivity (Wildman–Crippen MR) is 88.7 cm³/mol. The minimum atomic E-state index is 0.188. The lowest BCUT2D eigenvalue weighted by atomic mass is 9.91. The van der Waals surface area contributed by atoms with Gasteiger partial charge in [-0.15, -0.1) is 0 Å². The van der Waals surface area contributed by atoms with Crippen molar-refractivity contribution in [3.05, 3.63) is 28.8 Å². The highest BCUT2D eigenvalue weighted by atomic mass is 35.5. The van der Waals surface area contributed by atoms with Crippen molar-refractivity contribution in [3.63, 3.8) is 0 Å². The molecule has 112 valence electrons. The Bertz CT molecular complexity index is 423. The molecule has 2 N–H and O–H groups in total. The van der Waals surface area contributed by atoms with Gasteiger partial charge in [0.25, 0.3) is 0 Å². The Hall–Kier alpha value is -0.730. The van der Waals surface area contributed by atoms with Crippen molar-refractivity contribution in [2.75, 3.05) is 18.0 Å². The summed E-state index contributed by atoms with van der Waals surface area (Å²) in [6.45, 7) is 6.64. The second kappa shape index (κ2) is 7.33. The molecule has 3 heteroatoms. The van der Waals surface area contributed by atoms with Crippen LogP contribution < -0.4 is 10.6 Å². The van der Waals surface area contributed by atoms with Crippen LogP contribution >= 0.6 is 11.6 Å². The lowest BCUT2D eigenvalue weighted by molar-refractivity contribution is 0.378. The van der Waals surface area contributed by atoms with Gasteiger partial charge in [0.15, 0.2) is 0 Å². The Morgan fingerprint density at radius 2 is 2.05 bits per heavy atom. The summed E-state index contributed by atoms with van der Waals surface area (Å²) < 4.78 is 0. The van der Waals surface area contributed by atoms with E-state index in [1.165, 1.54) is 36.9 Å². The second-order valence-electron chi connectivity index (χ2n) is 6.17. The molecule has 0 aliphatic carbocycles. The van der Waals surface area contributed by atoms with Gasteiger partial charge in [-0.05, 0) is 49.8 Å². The fourth-order valence-corrected chi connectivity index (χ4v) is 3.39. The maximum atomic E-state index is 6.19. The Kier molecular flexibility index (Phi) is 5.74. The molecule has 1 aromatic rings. The Labute approximate surface area is 128 Å². The molecule has 0 amide bonds. The number of anilines is 1. The highest BCUT2D eigenvalue weighted by Gasteiger charge is 2.20. The Balaban J connectivity index is 2.10. The van der Waals surface area contributed by atoms with E-state index in [4.69, 9.17) is 17.3 Å². The van der Waals surface area contributed by atoms with Crippen LogP contribution in [0, 0.1) is 5.92 Å². The first-order chi connectivity index (χ1) is 9.60. The number of halogens is 1. The molecule has 1 fully saturated rings. The van der Waals surface area contributed by atoms with Crippen molar-refractivity contribution in [2.24, 2.45) is 11.7 Å². The number of piperidine rings is 1. The summed E-state index contributed by atoms with van der Waals surface area (Å²) in [5.41, 5.74) is 8.60. The highest BCUT2D eigenvalue weighted by molar-refractivity contribution is 6.30. The maximum Gasteiger partial charge on any atom is 0.0426 e. The van der Waals surface area contributed by atoms with Gasteiger partial charge in [-0.2, -0.15) is 0 Å². The van der Waals surface area contributed by atoms with Gasteiger partial charge >= 0.3 is 0 Å². The molecule has 1 aliphatic heterocycles. The van der Waals surface area contributed by atoms with Gasteiger partial charge in [0.1, 0.15) is 0 Å². The topological polar surface area (TPSA) is 29.3 Å². The molecule has 1 aliphatic rings. The second-order valence-corrected chi connectivity index (χ2v) is 6.61. The van der Waals surface area contributed by atoms with Crippen molar-refractivity contribution in [3.8, 4) is 0 Å². The standard InChI is InChI=1S/C17H27ClN2/c1-3-4-14-7-9-20(10-8-14)17-12-16(18)6-5-15(17)11-13(2)19/h5-6,12-14H,3-4,7-11,19H2,1-2H3. The zero-order valence-corrected chi connectivity index (χ0v) is 13.5. The zero-order valence-electron chi connectivity index (χ0n) is 12.7. The molecule has 1 atom stereocenters. The zero-order chi connectivity index (χ0) is 14.5. The number of benzene rings is 1. The number of hydrogen-bond acceptors (Lipinski definition) is 2. The van der Waals surface area contributed by atoms with E-state index < -0.39 is 0 Å². The van der Waals surface area contributed by atoms with Crippen LogP contribution in [0.15, 0.2) is 18.2 Å². The van der Waals surface area contributed by atoms with Crippen molar-refractivity contribution in [1.29, 1.82) is 0 Å². The third kappa shape index (κ3) is 4.13. The van der Waals surface area contributed by atoms with Crippen molar-refractivity contribution in [2.45, 2.75) is 52.0 Å². The highest BCUT2D eigenvalue weighted by Crippen LogP contribution is 2.31. The summed E-state index contributed by atoms with van der Waals surface area (Å²) in [5.74, 6) is 0.910. The first kappa shape index (κ1) is 15.7. The smallest absolute Gasteiger partial charge is 0.0426 e. The van der Waals surface area contributed by atoms with Gasteiger partial charge in [-0.1, -0.05) is 37.4 Å². The molecule has 2 rings (SSSR count). The van der Waals surface area contributed by atoms with Gasteiger partial charge in [0, 0.05) is 29.8 Å². The van der Waals surface area contributed by atoms with E-state index in [1.54, 1.807) is 0 Å². The number of nitrogens with two attached hydrogens (primary N) is 1. The van der Waals surface area contributed by atoms with E-state index in [0.717, 1.165) is 30.5 Å². The molecule has 0 bridgehead atoms. The fourth-order valence-electron chi connectivity index (χ4n) is 3.22. The third-order valence-corrected chi connectivity index (χ3v) is 4.48. The molecule has 2 nitrogen and oxygen atoms in total. The molecule has 1 heterocycles. The van der Waals surface area contributed by atoms with Crippen molar-refractivity contribution in [1.82, 2.24) is 0 Å². The van der Waals surface area contributed by atoms with Crippen LogP contribution in [0.5, 0.6) is 0 Å². The van der Waals surface area contributed by atoms with Crippen LogP contribution in [0.1, 0.15) is 45.1 Å². The molecule has 1 saturated heterocycles. The van der Waals surface area contributed by atoms with Gasteiger partial charge in [-0.25, -0.2) is 0 Å². The first-order valence-corrected chi connectivity index (χ1v) is 8.27. The molecular formula is C17H27ClN2. The van der Waals surface area contributed by atoms with Crippen LogP contribution in [-0.2, 0) is 6.42 Å². The minimum Gasteiger partial charge on any atom is -0.371 e. The summed E-state index contributed by atoms with van der Waals surface area (Å²) in [6, 6.07) is 6.41. The monoisotopic (exact) mass is 294 g/mol. The molecular weight excluding hydrogens is 268 g/mol. The quantitative estimate of drug-likeness (QED) is 0.880. The third-order valence-electron chi connectivity index (χ3n) is 4.24. The molecule has 1 aromatic carbocycles. The van der Waals surface area contributed by atoms with Crippen molar-refractivity contribution < 1.29 is 0 Å². The van der Waals surface area contributed by atoms with Crippen LogP contribution in [0.4, 0.5) is 5.69 Å². The largest absolute Gasteiger partial charge is 0.371 e. The van der Waals surface area contributed by atoms with E-state index >= 15 is 0 Å². The number of nitrogens with zero attached hydrogens (tertiary/aromatic N) is 1. The Morgan fingerprint density at radius 1 is 1.35 bits per heavy atom. The summed E-state index contributed by atoms with van der Waals surface area (Å²) in [6.07, 6.45) is 6.20. The van der Waals surface area contributed by atoms with E-state index in [1.807, 2.05) is 6.07 Å². The molecule has 0 saturated carbocycles. The predicted octanol–water partition coefficient (Wildman–Crippen LogP) is 4.25. The number of hydrogen-bond donors (Lipinski definition) is 1. The van der Waals surface area contributed by atoms with E-state index in [2.05, 4.69) is 30.9 Å². The first-order valence-electron chi connectivity index (χ1n) is 7.89. The fraction of sp³-hybridized carbons (Fsp3) is 0.647. The maximum absolute atomic E-state index is 6.19. The van der Waals surface area contributed by atoms with Crippen LogP contribution in [-0.4, -0.2) is 19.1 Å². The minimum absolute atomic E-state index is 0.188. The van der Waals surface area contributed by atoms with Gasteiger partial charge in [0.2, 0.25) is 0 Å². The molecule has 0 aromatic heterocycles. The van der Waals surface area contributed by atoms with Crippen molar-refractivity contribution >= 4 is 17.3 Å². The van der Waals surface area contributed by atoms with E-state index in [-0.39, 0.29) is 6.04 Å². The summed E-state index contributed by atoms with van der Waals surface area (Å²) in [5, 5.41) is 0.823. The van der Waals surface area contributed by atoms with Crippen LogP contribution in [0.3, 0.4) is 0 Å². The average molecular weight is 295 g/mol. The van der Waals surface area contributed by atoms with Crippen LogP contribution in [0.2, 0.25) is 5.02 Å². The Morgan fingerprint density at radius 3 is 2.65 bits per heavy atom. The van der Waals surface area contributed by atoms with E-state index in [0.29, 0.717) is 0 Å². The lowest BCUT2D eigenvalue weighted by Gasteiger charge is -2.35.